The fourth-order valence-corrected chi connectivity index (χ4v) is 7.06. The van der Waals surface area contributed by atoms with Crippen LogP contribution in [0.4, 0.5) is 0 Å². The lowest BCUT2D eigenvalue weighted by Gasteiger charge is -2.57. The van der Waals surface area contributed by atoms with E-state index in [1.165, 1.54) is 44.9 Å². The molecule has 0 aromatic heterocycles. The van der Waals surface area contributed by atoms with Crippen LogP contribution in [0.3, 0.4) is 0 Å². The molecule has 0 spiro atoms. The van der Waals surface area contributed by atoms with Gasteiger partial charge in [0, 0.05) is 11.8 Å². The van der Waals surface area contributed by atoms with Crippen molar-refractivity contribution in [1.29, 1.82) is 0 Å². The standard InChI is InChI=1S/C20H28OS/c1-19-10-3-2-5-14(19)7-8-15-16(19)9-12-20(13-18(21)22)11-4-6-17(15)20/h3,5,10,15-17H,2,4,6-9,11-13H2,1H3,(H,21,22)/t15-,16+,17+,19+,20+/m1/s1. The zero-order valence-electron chi connectivity index (χ0n) is 13.7. The molecule has 0 saturated heterocycles. The number of rotatable bonds is 2. The summed E-state index contributed by atoms with van der Waals surface area (Å²) in [5, 5.41) is 0.116. The Balaban J connectivity index is 1.67. The van der Waals surface area contributed by atoms with E-state index in [2.05, 4.69) is 37.8 Å². The molecule has 5 atom stereocenters. The highest BCUT2D eigenvalue weighted by atomic mass is 32.1. The number of hydrogen-bond acceptors (Lipinski definition) is 1. The van der Waals surface area contributed by atoms with Crippen LogP contribution in [0.5, 0.6) is 0 Å². The molecule has 3 saturated carbocycles. The van der Waals surface area contributed by atoms with Crippen molar-refractivity contribution in [2.24, 2.45) is 28.6 Å². The minimum Gasteiger partial charge on any atom is -0.287 e. The lowest BCUT2D eigenvalue weighted by Crippen LogP contribution is -2.49. The Hall–Kier alpha value is -0.500. The first kappa shape index (κ1) is 15.1. The van der Waals surface area contributed by atoms with Crippen LogP contribution >= 0.6 is 12.6 Å². The Morgan fingerprint density at radius 1 is 1.27 bits per heavy atom. The third-order valence-corrected chi connectivity index (χ3v) is 7.80. The van der Waals surface area contributed by atoms with Crippen molar-refractivity contribution < 1.29 is 4.79 Å². The van der Waals surface area contributed by atoms with Gasteiger partial charge in [-0.2, -0.15) is 0 Å². The van der Waals surface area contributed by atoms with Gasteiger partial charge in [0.2, 0.25) is 0 Å². The molecule has 4 aliphatic rings. The quantitative estimate of drug-likeness (QED) is 0.538. The summed E-state index contributed by atoms with van der Waals surface area (Å²) in [5.74, 6) is 2.40. The maximum absolute atomic E-state index is 11.7. The van der Waals surface area contributed by atoms with E-state index in [9.17, 15) is 4.79 Å². The highest BCUT2D eigenvalue weighted by Crippen LogP contribution is 2.65. The first-order chi connectivity index (χ1) is 10.6. The van der Waals surface area contributed by atoms with Crippen LogP contribution in [-0.2, 0) is 4.79 Å². The molecule has 0 heterocycles. The van der Waals surface area contributed by atoms with Gasteiger partial charge in [0.15, 0.2) is 5.12 Å². The van der Waals surface area contributed by atoms with E-state index in [0.717, 1.165) is 30.6 Å². The molecule has 0 bridgehead atoms. The van der Waals surface area contributed by atoms with Crippen molar-refractivity contribution in [3.8, 4) is 0 Å². The number of allylic oxidation sites excluding steroid dienone is 4. The van der Waals surface area contributed by atoms with E-state index in [0.29, 0.717) is 10.8 Å². The molecule has 0 aromatic carbocycles. The van der Waals surface area contributed by atoms with Crippen molar-refractivity contribution in [1.82, 2.24) is 0 Å². The SMILES string of the molecule is C[C@]12C=CCC=C1CC[C@H]1[C@@H]3CCC[C@@]3(CC(=O)S)CC[C@@H]12. The smallest absolute Gasteiger partial charge is 0.186 e. The average Bonchev–Trinajstić information content (AvgIpc) is 2.89. The largest absolute Gasteiger partial charge is 0.287 e. The van der Waals surface area contributed by atoms with Crippen LogP contribution < -0.4 is 0 Å². The topological polar surface area (TPSA) is 17.1 Å². The number of carbonyl (C=O) groups excluding carboxylic acids is 1. The normalized spacial score (nSPS) is 46.5. The van der Waals surface area contributed by atoms with E-state index in [-0.39, 0.29) is 5.12 Å². The second-order valence-corrected chi connectivity index (χ2v) is 8.93. The van der Waals surface area contributed by atoms with Crippen molar-refractivity contribution in [2.75, 3.05) is 0 Å². The molecule has 0 radical (unpaired) electrons. The first-order valence-electron chi connectivity index (χ1n) is 9.14. The van der Waals surface area contributed by atoms with Crippen molar-refractivity contribution in [3.63, 3.8) is 0 Å². The second-order valence-electron chi connectivity index (χ2n) is 8.43. The van der Waals surface area contributed by atoms with Crippen molar-refractivity contribution in [3.05, 3.63) is 23.8 Å². The molecule has 120 valence electrons. The van der Waals surface area contributed by atoms with Gasteiger partial charge in [0.05, 0.1) is 0 Å². The Morgan fingerprint density at radius 2 is 2.14 bits per heavy atom. The second kappa shape index (κ2) is 5.26. The van der Waals surface area contributed by atoms with E-state index < -0.39 is 0 Å². The van der Waals surface area contributed by atoms with E-state index in [1.807, 2.05) is 0 Å². The predicted molar refractivity (Wildman–Crippen MR) is 93.8 cm³/mol. The third kappa shape index (κ3) is 2.09. The summed E-state index contributed by atoms with van der Waals surface area (Å²) in [7, 11) is 0. The number of carbonyl (C=O) groups is 1. The summed E-state index contributed by atoms with van der Waals surface area (Å²) in [4.78, 5) is 11.7. The molecule has 3 fully saturated rings. The van der Waals surface area contributed by atoms with Gasteiger partial charge in [-0.3, -0.25) is 4.79 Å². The molecular formula is C20H28OS. The number of thiol groups is 1. The highest BCUT2D eigenvalue weighted by molar-refractivity contribution is 7.96. The maximum atomic E-state index is 11.7. The molecule has 4 aliphatic carbocycles. The molecule has 0 aromatic rings. The third-order valence-electron chi connectivity index (χ3n) is 7.64. The van der Waals surface area contributed by atoms with Gasteiger partial charge in [0.1, 0.15) is 0 Å². The predicted octanol–water partition coefficient (Wildman–Crippen LogP) is 5.33. The van der Waals surface area contributed by atoms with Crippen LogP contribution in [0.15, 0.2) is 23.8 Å². The zero-order chi connectivity index (χ0) is 15.4. The molecule has 0 amide bonds. The number of fused-ring (bicyclic) bond motifs is 5. The fourth-order valence-electron chi connectivity index (χ4n) is 6.74. The Bertz CT molecular complexity index is 548. The van der Waals surface area contributed by atoms with Gasteiger partial charge in [-0.25, -0.2) is 0 Å². The minimum atomic E-state index is 0.116. The maximum Gasteiger partial charge on any atom is 0.186 e. The van der Waals surface area contributed by atoms with E-state index in [1.54, 1.807) is 5.57 Å². The van der Waals surface area contributed by atoms with E-state index in [4.69, 9.17) is 0 Å². The average molecular weight is 317 g/mol. The van der Waals surface area contributed by atoms with Crippen LogP contribution in [0.25, 0.3) is 0 Å². The van der Waals surface area contributed by atoms with Gasteiger partial charge in [-0.1, -0.05) is 37.1 Å². The Kier molecular flexibility index (Phi) is 3.60. The van der Waals surface area contributed by atoms with Crippen LogP contribution in [0.1, 0.15) is 64.7 Å². The van der Waals surface area contributed by atoms with Crippen molar-refractivity contribution >= 4 is 17.7 Å². The summed E-state index contributed by atoms with van der Waals surface area (Å²) >= 11 is 4.13. The summed E-state index contributed by atoms with van der Waals surface area (Å²) in [5.41, 5.74) is 2.31. The number of hydrogen-bond donors (Lipinski definition) is 1. The summed E-state index contributed by atoms with van der Waals surface area (Å²) < 4.78 is 0. The van der Waals surface area contributed by atoms with Crippen LogP contribution in [0, 0.1) is 28.6 Å². The first-order valence-corrected chi connectivity index (χ1v) is 9.59. The molecule has 1 nitrogen and oxygen atoms in total. The van der Waals surface area contributed by atoms with Gasteiger partial charge < -0.3 is 0 Å². The Morgan fingerprint density at radius 3 is 2.95 bits per heavy atom. The Labute approximate surface area is 140 Å². The van der Waals surface area contributed by atoms with Crippen LogP contribution in [-0.4, -0.2) is 5.12 Å². The minimum absolute atomic E-state index is 0.116. The summed E-state index contributed by atoms with van der Waals surface area (Å²) in [6.45, 7) is 2.48. The highest BCUT2D eigenvalue weighted by Gasteiger charge is 2.56. The van der Waals surface area contributed by atoms with Gasteiger partial charge in [0.25, 0.3) is 0 Å². The molecular weight excluding hydrogens is 288 g/mol. The van der Waals surface area contributed by atoms with Crippen molar-refractivity contribution in [2.45, 2.75) is 64.7 Å². The van der Waals surface area contributed by atoms with Gasteiger partial charge >= 0.3 is 0 Å². The molecule has 22 heavy (non-hydrogen) atoms. The lowest BCUT2D eigenvalue weighted by atomic mass is 9.48. The molecule has 4 rings (SSSR count). The van der Waals surface area contributed by atoms with E-state index >= 15 is 0 Å². The fraction of sp³-hybridized carbons (Fsp3) is 0.750. The van der Waals surface area contributed by atoms with Gasteiger partial charge in [-0.15, -0.1) is 12.6 Å². The molecule has 2 heteroatoms. The lowest BCUT2D eigenvalue weighted by molar-refractivity contribution is -0.116. The summed E-state index contributed by atoms with van der Waals surface area (Å²) in [6, 6.07) is 0. The van der Waals surface area contributed by atoms with Gasteiger partial charge in [-0.05, 0) is 68.1 Å². The van der Waals surface area contributed by atoms with Crippen LogP contribution in [0.2, 0.25) is 0 Å². The molecule has 0 aliphatic heterocycles. The molecule has 0 unspecified atom stereocenters. The zero-order valence-corrected chi connectivity index (χ0v) is 14.6. The summed E-state index contributed by atoms with van der Waals surface area (Å²) in [6.07, 6.45) is 18.4. The monoisotopic (exact) mass is 316 g/mol. The molecule has 0 N–H and O–H groups in total.